The van der Waals surface area contributed by atoms with Gasteiger partial charge in [-0.25, -0.2) is 4.79 Å². The first-order chi connectivity index (χ1) is 16.9. The lowest BCUT2D eigenvalue weighted by Gasteiger charge is -2.44. The summed E-state index contributed by atoms with van der Waals surface area (Å²) in [6.07, 6.45) is 8.35. The van der Waals surface area contributed by atoms with Gasteiger partial charge in [0, 0.05) is 30.9 Å². The summed E-state index contributed by atoms with van der Waals surface area (Å²) in [6, 6.07) is 13.3. The Labute approximate surface area is 206 Å². The summed E-state index contributed by atoms with van der Waals surface area (Å²) < 4.78 is 18.6. The quantitative estimate of drug-likeness (QED) is 0.548. The molecule has 2 aromatic rings. The normalized spacial score (nSPS) is 27.7. The van der Waals surface area contributed by atoms with Crippen LogP contribution in [-0.2, 0) is 11.2 Å². The van der Waals surface area contributed by atoms with Crippen molar-refractivity contribution in [1.29, 1.82) is 0 Å². The highest BCUT2D eigenvalue weighted by molar-refractivity contribution is 5.90. The Morgan fingerprint density at radius 1 is 1.20 bits per heavy atom. The Bertz CT molecular complexity index is 1090. The molecule has 0 radical (unpaired) electrons. The minimum Gasteiger partial charge on any atom is -0.489 e. The number of aliphatic hydroxyl groups is 1. The van der Waals surface area contributed by atoms with Crippen molar-refractivity contribution in [3.05, 3.63) is 71.3 Å². The van der Waals surface area contributed by atoms with Crippen LogP contribution in [0.25, 0.3) is 0 Å². The standard InChI is InChI=1S/C29H34O6/c1-18-21(28(31)32)11-9-19-10-12-23-22(24(33-2)17-25(23)34-27(18)19)13-14-26(30)29(15-6-16-29)35-20-7-4-3-5-8-20/h3-5,7-9,11,13-14,22-26,30H,6,10,12,15-17H2,1-2H3,(H,31,32)/b14-13+/t22-,23-,24-,25+,26?/m1/s1. The first-order valence-corrected chi connectivity index (χ1v) is 12.6. The fraction of sp³-hybridized carbons (Fsp3) is 0.483. The van der Waals surface area contributed by atoms with E-state index in [1.807, 2.05) is 49.4 Å². The molecule has 3 aliphatic rings. The summed E-state index contributed by atoms with van der Waals surface area (Å²) in [7, 11) is 1.72. The number of carboxylic acids is 1. The second-order valence-corrected chi connectivity index (χ2v) is 10.1. The minimum atomic E-state index is -0.937. The zero-order valence-corrected chi connectivity index (χ0v) is 20.4. The van der Waals surface area contributed by atoms with E-state index in [4.69, 9.17) is 14.2 Å². The Hall–Kier alpha value is -2.83. The van der Waals surface area contributed by atoms with Gasteiger partial charge < -0.3 is 24.4 Å². The van der Waals surface area contributed by atoms with E-state index in [0.29, 0.717) is 11.3 Å². The summed E-state index contributed by atoms with van der Waals surface area (Å²) in [5.74, 6) is 0.870. The average Bonchev–Trinajstić information content (AvgIpc) is 3.05. The molecule has 0 bridgehead atoms. The number of benzene rings is 2. The van der Waals surface area contributed by atoms with Crippen LogP contribution in [-0.4, -0.2) is 47.2 Å². The van der Waals surface area contributed by atoms with Gasteiger partial charge in [-0.05, 0) is 62.8 Å². The largest absolute Gasteiger partial charge is 0.489 e. The smallest absolute Gasteiger partial charge is 0.336 e. The molecule has 2 aromatic carbocycles. The Morgan fingerprint density at radius 3 is 2.63 bits per heavy atom. The molecule has 1 heterocycles. The van der Waals surface area contributed by atoms with Gasteiger partial charge in [0.15, 0.2) is 0 Å². The van der Waals surface area contributed by atoms with Crippen LogP contribution in [0.15, 0.2) is 54.6 Å². The van der Waals surface area contributed by atoms with Crippen molar-refractivity contribution in [2.45, 2.75) is 69.4 Å². The summed E-state index contributed by atoms with van der Waals surface area (Å²) >= 11 is 0. The SMILES string of the molecule is CO[C@@H]1C[C@@H]2Oc3c(ccc(C(=O)O)c3C)CC[C@@H]2[C@H]1/C=C/C(O)C1(Oc2ccccc2)CCC1. The number of para-hydroxylation sites is 1. The van der Waals surface area contributed by atoms with Crippen LogP contribution in [0, 0.1) is 18.8 Å². The van der Waals surface area contributed by atoms with Gasteiger partial charge in [-0.15, -0.1) is 0 Å². The highest BCUT2D eigenvalue weighted by atomic mass is 16.5. The number of aromatic carboxylic acids is 1. The molecule has 0 spiro atoms. The van der Waals surface area contributed by atoms with E-state index in [9.17, 15) is 15.0 Å². The molecule has 6 heteroatoms. The van der Waals surface area contributed by atoms with Crippen LogP contribution in [0.2, 0.25) is 0 Å². The Morgan fingerprint density at radius 2 is 1.97 bits per heavy atom. The fourth-order valence-electron chi connectivity index (χ4n) is 6.05. The van der Waals surface area contributed by atoms with Gasteiger partial charge in [0.1, 0.15) is 29.3 Å². The van der Waals surface area contributed by atoms with Crippen LogP contribution >= 0.6 is 0 Å². The van der Waals surface area contributed by atoms with Crippen LogP contribution < -0.4 is 9.47 Å². The van der Waals surface area contributed by atoms with Gasteiger partial charge in [-0.3, -0.25) is 0 Å². The van der Waals surface area contributed by atoms with Crippen LogP contribution in [0.1, 0.15) is 53.6 Å². The number of aryl methyl sites for hydroxylation is 1. The van der Waals surface area contributed by atoms with Crippen molar-refractivity contribution in [3.8, 4) is 11.5 Å². The number of carbonyl (C=O) groups is 1. The lowest BCUT2D eigenvalue weighted by atomic mass is 9.75. The van der Waals surface area contributed by atoms with Gasteiger partial charge >= 0.3 is 5.97 Å². The summed E-state index contributed by atoms with van der Waals surface area (Å²) in [6.45, 7) is 1.82. The van der Waals surface area contributed by atoms with Gasteiger partial charge in [0.2, 0.25) is 0 Å². The van der Waals surface area contributed by atoms with Crippen molar-refractivity contribution in [3.63, 3.8) is 0 Å². The molecule has 0 amide bonds. The van der Waals surface area contributed by atoms with Gasteiger partial charge in [0.05, 0.1) is 11.7 Å². The molecule has 5 rings (SSSR count). The van der Waals surface area contributed by atoms with Crippen molar-refractivity contribution in [2.24, 2.45) is 11.8 Å². The van der Waals surface area contributed by atoms with Crippen molar-refractivity contribution >= 4 is 5.97 Å². The van der Waals surface area contributed by atoms with E-state index < -0.39 is 17.7 Å². The zero-order valence-electron chi connectivity index (χ0n) is 20.4. The van der Waals surface area contributed by atoms with Gasteiger partial charge in [-0.1, -0.05) is 36.4 Å². The molecule has 1 unspecified atom stereocenters. The number of aliphatic hydroxyl groups excluding tert-OH is 1. The second kappa shape index (κ2) is 9.67. The molecule has 35 heavy (non-hydrogen) atoms. The highest BCUT2D eigenvalue weighted by Gasteiger charge is 2.47. The average molecular weight is 479 g/mol. The van der Waals surface area contributed by atoms with Crippen LogP contribution in [0.4, 0.5) is 0 Å². The molecule has 186 valence electrons. The highest BCUT2D eigenvalue weighted by Crippen LogP contribution is 2.45. The monoisotopic (exact) mass is 478 g/mol. The summed E-state index contributed by atoms with van der Waals surface area (Å²) in [4.78, 5) is 11.6. The maximum Gasteiger partial charge on any atom is 0.336 e. The van der Waals surface area contributed by atoms with E-state index in [2.05, 4.69) is 6.08 Å². The molecule has 2 fully saturated rings. The number of methoxy groups -OCH3 is 1. The zero-order chi connectivity index (χ0) is 24.6. The summed E-state index contributed by atoms with van der Waals surface area (Å²) in [5.41, 5.74) is 1.44. The second-order valence-electron chi connectivity index (χ2n) is 10.1. The van der Waals surface area contributed by atoms with E-state index in [0.717, 1.165) is 49.8 Å². The lowest BCUT2D eigenvalue weighted by Crippen LogP contribution is -2.52. The first kappa shape index (κ1) is 23.9. The summed E-state index contributed by atoms with van der Waals surface area (Å²) in [5, 5.41) is 20.7. The molecule has 6 nitrogen and oxygen atoms in total. The Kier molecular flexibility index (Phi) is 6.60. The molecular formula is C29H34O6. The molecule has 2 aliphatic carbocycles. The maximum absolute atomic E-state index is 11.6. The minimum absolute atomic E-state index is 0.0228. The number of ether oxygens (including phenoxy) is 3. The van der Waals surface area contributed by atoms with Crippen molar-refractivity contribution < 1.29 is 29.2 Å². The van der Waals surface area contributed by atoms with Crippen LogP contribution in [0.3, 0.4) is 0 Å². The molecular weight excluding hydrogens is 444 g/mol. The molecule has 1 aliphatic heterocycles. The third-order valence-corrected chi connectivity index (χ3v) is 8.22. The molecule has 2 N–H and O–H groups in total. The number of fused-ring (bicyclic) bond motifs is 2. The predicted molar refractivity (Wildman–Crippen MR) is 132 cm³/mol. The van der Waals surface area contributed by atoms with Gasteiger partial charge in [0.25, 0.3) is 0 Å². The van der Waals surface area contributed by atoms with E-state index in [1.54, 1.807) is 13.2 Å². The predicted octanol–water partition coefficient (Wildman–Crippen LogP) is 4.96. The number of hydrogen-bond acceptors (Lipinski definition) is 5. The molecule has 2 saturated carbocycles. The van der Waals surface area contributed by atoms with Crippen molar-refractivity contribution in [1.82, 2.24) is 0 Å². The lowest BCUT2D eigenvalue weighted by molar-refractivity contribution is -0.0853. The van der Waals surface area contributed by atoms with E-state index in [1.165, 1.54) is 0 Å². The maximum atomic E-state index is 11.6. The fourth-order valence-corrected chi connectivity index (χ4v) is 6.05. The Balaban J connectivity index is 1.35. The van der Waals surface area contributed by atoms with E-state index in [-0.39, 0.29) is 29.6 Å². The third kappa shape index (κ3) is 4.45. The number of carboxylic acid groups (broad SMARTS) is 1. The first-order valence-electron chi connectivity index (χ1n) is 12.6. The third-order valence-electron chi connectivity index (χ3n) is 8.22. The molecule has 0 saturated heterocycles. The topological polar surface area (TPSA) is 85.2 Å². The molecule has 0 aromatic heterocycles. The van der Waals surface area contributed by atoms with Gasteiger partial charge in [-0.2, -0.15) is 0 Å². The number of hydrogen-bond donors (Lipinski definition) is 2. The van der Waals surface area contributed by atoms with Crippen molar-refractivity contribution in [2.75, 3.05) is 7.11 Å². The molecule has 5 atom stereocenters. The van der Waals surface area contributed by atoms with E-state index >= 15 is 0 Å². The number of rotatable bonds is 7. The van der Waals surface area contributed by atoms with Crippen LogP contribution in [0.5, 0.6) is 11.5 Å².